The summed E-state index contributed by atoms with van der Waals surface area (Å²) in [5.41, 5.74) is 4.34. The van der Waals surface area contributed by atoms with Gasteiger partial charge in [0.2, 0.25) is 0 Å². The third-order valence-corrected chi connectivity index (χ3v) is 6.35. The maximum absolute atomic E-state index is 9.77. The van der Waals surface area contributed by atoms with E-state index in [1.165, 1.54) is 43.2 Å². The first kappa shape index (κ1) is 21.0. The lowest BCUT2D eigenvalue weighted by Gasteiger charge is -2.33. The quantitative estimate of drug-likeness (QED) is 0.402. The topological polar surface area (TPSA) is 40.5 Å². The molecule has 2 N–H and O–H groups in total. The van der Waals surface area contributed by atoms with Crippen molar-refractivity contribution in [3.05, 3.63) is 101 Å². The van der Waals surface area contributed by atoms with Gasteiger partial charge in [0.15, 0.2) is 0 Å². The lowest BCUT2D eigenvalue weighted by molar-refractivity contribution is 0.435. The van der Waals surface area contributed by atoms with E-state index in [1.54, 1.807) is 18.2 Å². The van der Waals surface area contributed by atoms with Gasteiger partial charge in [0.05, 0.1) is 0 Å². The first-order valence-electron chi connectivity index (χ1n) is 10.6. The van der Waals surface area contributed by atoms with Crippen LogP contribution >= 0.6 is 0 Å². The standard InChI is InChI=1S/C27H32O2/c1-4-23(13-10-20(2)28)27(3,25-16-18-26(29)19-17-25)24-14-11-22(12-15-24)21-8-6-5-7-9-21/h4,10-19,21,28-29H,2,5-9H2,1,3H3/b13-10-,23-4+. The van der Waals surface area contributed by atoms with Crippen LogP contribution in [0.5, 0.6) is 5.75 Å². The summed E-state index contributed by atoms with van der Waals surface area (Å²) in [7, 11) is 0. The minimum Gasteiger partial charge on any atom is -0.509 e. The number of benzene rings is 2. The highest BCUT2D eigenvalue weighted by Crippen LogP contribution is 2.41. The van der Waals surface area contributed by atoms with Crippen LogP contribution in [0.15, 0.2) is 84.7 Å². The van der Waals surface area contributed by atoms with Crippen LogP contribution in [0, 0.1) is 0 Å². The molecule has 0 radical (unpaired) electrons. The molecule has 0 aliphatic heterocycles. The Hall–Kier alpha value is -2.74. The summed E-state index contributed by atoms with van der Waals surface area (Å²) in [6, 6.07) is 16.4. The Morgan fingerprint density at radius 1 is 0.931 bits per heavy atom. The molecule has 1 aliphatic rings. The summed E-state index contributed by atoms with van der Waals surface area (Å²) in [5.74, 6) is 0.964. The number of phenols is 1. The van der Waals surface area contributed by atoms with Crippen molar-refractivity contribution in [1.82, 2.24) is 0 Å². The zero-order chi connectivity index (χ0) is 20.9. The van der Waals surface area contributed by atoms with Crippen LogP contribution in [0.25, 0.3) is 0 Å². The van der Waals surface area contributed by atoms with E-state index in [0.717, 1.165) is 11.1 Å². The third-order valence-electron chi connectivity index (χ3n) is 6.35. The first-order chi connectivity index (χ1) is 13.9. The highest BCUT2D eigenvalue weighted by Gasteiger charge is 2.32. The Bertz CT molecular complexity index is 881. The highest BCUT2D eigenvalue weighted by atomic mass is 16.3. The summed E-state index contributed by atoms with van der Waals surface area (Å²) < 4.78 is 0. The fourth-order valence-corrected chi connectivity index (χ4v) is 4.56. The van der Waals surface area contributed by atoms with E-state index in [2.05, 4.69) is 43.8 Å². The molecule has 3 rings (SSSR count). The Morgan fingerprint density at radius 3 is 2.00 bits per heavy atom. The number of hydrogen-bond donors (Lipinski definition) is 2. The Balaban J connectivity index is 2.04. The summed E-state index contributed by atoms with van der Waals surface area (Å²) in [4.78, 5) is 0. The fourth-order valence-electron chi connectivity index (χ4n) is 4.56. The molecule has 0 aromatic heterocycles. The maximum Gasteiger partial charge on any atom is 0.115 e. The number of aromatic hydroxyl groups is 1. The van der Waals surface area contributed by atoms with Gasteiger partial charge in [-0.2, -0.15) is 0 Å². The van der Waals surface area contributed by atoms with Gasteiger partial charge < -0.3 is 10.2 Å². The van der Waals surface area contributed by atoms with Crippen molar-refractivity contribution in [2.24, 2.45) is 0 Å². The summed E-state index contributed by atoms with van der Waals surface area (Å²) in [6.45, 7) is 7.77. The van der Waals surface area contributed by atoms with Gasteiger partial charge in [-0.3, -0.25) is 0 Å². The van der Waals surface area contributed by atoms with Gasteiger partial charge in [-0.15, -0.1) is 0 Å². The summed E-state index contributed by atoms with van der Waals surface area (Å²) in [6.07, 6.45) is 12.2. The third kappa shape index (κ3) is 4.64. The first-order valence-corrected chi connectivity index (χ1v) is 10.6. The van der Waals surface area contributed by atoms with E-state index in [-0.39, 0.29) is 11.5 Å². The number of aliphatic hydroxyl groups excluding tert-OH is 1. The molecule has 1 unspecified atom stereocenters. The van der Waals surface area contributed by atoms with Crippen molar-refractivity contribution in [3.63, 3.8) is 0 Å². The molecule has 0 saturated heterocycles. The molecule has 0 heterocycles. The van der Waals surface area contributed by atoms with Gasteiger partial charge in [-0.1, -0.05) is 74.4 Å². The molecule has 2 aromatic rings. The predicted octanol–water partition coefficient (Wildman–Crippen LogP) is 7.32. The van der Waals surface area contributed by atoms with Crippen LogP contribution < -0.4 is 0 Å². The molecular formula is C27H32O2. The molecule has 0 spiro atoms. The van der Waals surface area contributed by atoms with Crippen molar-refractivity contribution < 1.29 is 10.2 Å². The van der Waals surface area contributed by atoms with Crippen molar-refractivity contribution in [2.75, 3.05) is 0 Å². The maximum atomic E-state index is 9.77. The zero-order valence-electron chi connectivity index (χ0n) is 17.6. The number of rotatable bonds is 6. The van der Waals surface area contributed by atoms with Crippen LogP contribution in [-0.2, 0) is 5.41 Å². The van der Waals surface area contributed by atoms with Crippen molar-refractivity contribution in [1.29, 1.82) is 0 Å². The highest BCUT2D eigenvalue weighted by molar-refractivity contribution is 5.53. The Labute approximate surface area is 174 Å². The van der Waals surface area contributed by atoms with E-state index in [0.29, 0.717) is 5.92 Å². The number of aliphatic hydroxyl groups is 1. The largest absolute Gasteiger partial charge is 0.509 e. The van der Waals surface area contributed by atoms with Crippen molar-refractivity contribution >= 4 is 0 Å². The summed E-state index contributed by atoms with van der Waals surface area (Å²) in [5, 5.41) is 19.4. The van der Waals surface area contributed by atoms with E-state index in [9.17, 15) is 10.2 Å². The van der Waals surface area contributed by atoms with E-state index < -0.39 is 5.41 Å². The smallest absolute Gasteiger partial charge is 0.115 e. The molecule has 1 saturated carbocycles. The van der Waals surface area contributed by atoms with Crippen LogP contribution in [0.4, 0.5) is 0 Å². The van der Waals surface area contributed by atoms with E-state index in [4.69, 9.17) is 0 Å². The minimum atomic E-state index is -0.417. The Kier molecular flexibility index (Phi) is 6.64. The second-order valence-corrected chi connectivity index (χ2v) is 8.20. The van der Waals surface area contributed by atoms with Crippen LogP contribution in [0.1, 0.15) is 68.6 Å². The molecule has 1 atom stereocenters. The van der Waals surface area contributed by atoms with Crippen molar-refractivity contribution in [3.8, 4) is 5.75 Å². The van der Waals surface area contributed by atoms with Gasteiger partial charge in [0, 0.05) is 5.41 Å². The average molecular weight is 389 g/mol. The SMILES string of the molecule is C=C(O)/C=C\C(=C/C)C(C)(c1ccc(O)cc1)c1ccc(C2CCCCC2)cc1. The minimum absolute atomic E-state index is 0.0325. The van der Waals surface area contributed by atoms with E-state index in [1.807, 2.05) is 25.1 Å². The Morgan fingerprint density at radius 2 is 1.48 bits per heavy atom. The van der Waals surface area contributed by atoms with Gasteiger partial charge in [0.25, 0.3) is 0 Å². The van der Waals surface area contributed by atoms with E-state index >= 15 is 0 Å². The molecular weight excluding hydrogens is 356 g/mol. The number of hydrogen-bond acceptors (Lipinski definition) is 2. The van der Waals surface area contributed by atoms with Gasteiger partial charge in [0.1, 0.15) is 11.5 Å². The molecule has 2 aromatic carbocycles. The normalized spacial score (nSPS) is 17.9. The van der Waals surface area contributed by atoms with Crippen molar-refractivity contribution in [2.45, 2.75) is 57.3 Å². The second kappa shape index (κ2) is 9.17. The van der Waals surface area contributed by atoms with Gasteiger partial charge in [-0.05, 0) is 73.1 Å². The van der Waals surface area contributed by atoms with Crippen LogP contribution in [0.3, 0.4) is 0 Å². The van der Waals surface area contributed by atoms with Crippen LogP contribution in [-0.4, -0.2) is 10.2 Å². The molecule has 2 heteroatoms. The molecule has 29 heavy (non-hydrogen) atoms. The second-order valence-electron chi connectivity index (χ2n) is 8.20. The number of phenolic OH excluding ortho intramolecular Hbond substituents is 1. The van der Waals surface area contributed by atoms with Gasteiger partial charge >= 0.3 is 0 Å². The molecule has 0 amide bonds. The molecule has 1 aliphatic carbocycles. The lowest BCUT2D eigenvalue weighted by Crippen LogP contribution is -2.26. The molecule has 152 valence electrons. The predicted molar refractivity (Wildman–Crippen MR) is 121 cm³/mol. The lowest BCUT2D eigenvalue weighted by atomic mass is 9.70. The number of allylic oxidation sites excluding steroid dienone is 4. The average Bonchev–Trinajstić information content (AvgIpc) is 2.75. The summed E-state index contributed by atoms with van der Waals surface area (Å²) >= 11 is 0. The monoisotopic (exact) mass is 388 g/mol. The van der Waals surface area contributed by atoms with Gasteiger partial charge in [-0.25, -0.2) is 0 Å². The van der Waals surface area contributed by atoms with Crippen LogP contribution in [0.2, 0.25) is 0 Å². The fraction of sp³-hybridized carbons (Fsp3) is 0.333. The zero-order valence-corrected chi connectivity index (χ0v) is 17.6. The molecule has 1 fully saturated rings. The molecule has 2 nitrogen and oxygen atoms in total. The molecule has 0 bridgehead atoms.